The van der Waals surface area contributed by atoms with Crippen LogP contribution >= 0.6 is 11.3 Å². The summed E-state index contributed by atoms with van der Waals surface area (Å²) in [5.74, 6) is 1.79. The number of ether oxygens (including phenoxy) is 2. The van der Waals surface area contributed by atoms with E-state index in [2.05, 4.69) is 49.0 Å². The van der Waals surface area contributed by atoms with Gasteiger partial charge < -0.3 is 19.3 Å². The first-order valence-electron chi connectivity index (χ1n) is 15.0. The number of hydrogen-bond acceptors (Lipinski definition) is 10. The summed E-state index contributed by atoms with van der Waals surface area (Å²) in [6.45, 7) is 12.4. The number of likely N-dealkylation sites (tertiary alicyclic amines) is 1. The highest BCUT2D eigenvalue weighted by Gasteiger charge is 2.26. The molecule has 1 aromatic carbocycles. The smallest absolute Gasteiger partial charge is 0.162 e. The molecule has 6 heterocycles. The average molecular weight is 577 g/mol. The number of morpholine rings is 2. The molecule has 3 aliphatic rings. The molecule has 7 rings (SSSR count). The SMILES string of the molecule is CN1CCC(N(CCN2CCOCC2)Cc2cc3nc(-c4cccc5[nH]ncc45)nc(N4CCOCC4)c3s2)CC1. The lowest BCUT2D eigenvalue weighted by Crippen LogP contribution is -2.47. The highest BCUT2D eigenvalue weighted by Crippen LogP contribution is 2.36. The quantitative estimate of drug-likeness (QED) is 0.340. The van der Waals surface area contributed by atoms with Crippen LogP contribution in [-0.2, 0) is 16.0 Å². The lowest BCUT2D eigenvalue weighted by Gasteiger charge is -2.38. The maximum atomic E-state index is 5.69. The molecule has 1 N–H and O–H groups in total. The van der Waals surface area contributed by atoms with Gasteiger partial charge in [-0.1, -0.05) is 12.1 Å². The van der Waals surface area contributed by atoms with Crippen LogP contribution in [0.25, 0.3) is 32.5 Å². The summed E-state index contributed by atoms with van der Waals surface area (Å²) in [5, 5.41) is 8.41. The Morgan fingerprint density at radius 3 is 2.59 bits per heavy atom. The van der Waals surface area contributed by atoms with Crippen LogP contribution in [0, 0.1) is 0 Å². The topological polar surface area (TPSA) is 85.9 Å². The van der Waals surface area contributed by atoms with Crippen molar-refractivity contribution in [3.63, 3.8) is 0 Å². The molecule has 0 unspecified atom stereocenters. The summed E-state index contributed by atoms with van der Waals surface area (Å²) < 4.78 is 12.5. The molecule has 0 atom stereocenters. The molecule has 11 heteroatoms. The van der Waals surface area contributed by atoms with E-state index < -0.39 is 0 Å². The molecule has 0 bridgehead atoms. The van der Waals surface area contributed by atoms with Gasteiger partial charge in [0.15, 0.2) is 11.6 Å². The highest BCUT2D eigenvalue weighted by atomic mass is 32.1. The van der Waals surface area contributed by atoms with Crippen molar-refractivity contribution in [2.75, 3.05) is 90.7 Å². The predicted molar refractivity (Wildman–Crippen MR) is 164 cm³/mol. The van der Waals surface area contributed by atoms with Gasteiger partial charge in [0.05, 0.1) is 48.4 Å². The first-order chi connectivity index (χ1) is 20.2. The Kier molecular flexibility index (Phi) is 8.14. The Morgan fingerprint density at radius 2 is 1.78 bits per heavy atom. The van der Waals surface area contributed by atoms with Gasteiger partial charge in [-0.15, -0.1) is 11.3 Å². The summed E-state index contributed by atoms with van der Waals surface area (Å²) in [4.78, 5) is 21.9. The van der Waals surface area contributed by atoms with Crippen molar-refractivity contribution in [1.82, 2.24) is 34.9 Å². The van der Waals surface area contributed by atoms with Gasteiger partial charge in [0.25, 0.3) is 0 Å². The van der Waals surface area contributed by atoms with E-state index in [0.717, 1.165) is 106 Å². The number of aromatic nitrogens is 4. The number of hydrogen-bond donors (Lipinski definition) is 1. The second kappa shape index (κ2) is 12.3. The fourth-order valence-electron chi connectivity index (χ4n) is 6.36. The summed E-state index contributed by atoms with van der Waals surface area (Å²) >= 11 is 1.87. The molecule has 0 radical (unpaired) electrons. The van der Waals surface area contributed by atoms with Crippen molar-refractivity contribution < 1.29 is 9.47 Å². The van der Waals surface area contributed by atoms with Crippen LogP contribution < -0.4 is 4.90 Å². The van der Waals surface area contributed by atoms with Gasteiger partial charge in [0.1, 0.15) is 0 Å². The number of nitrogens with zero attached hydrogens (tertiary/aromatic N) is 7. The van der Waals surface area contributed by atoms with Crippen LogP contribution in [0.15, 0.2) is 30.5 Å². The molecular weight excluding hydrogens is 536 g/mol. The molecule has 218 valence electrons. The molecule has 0 spiro atoms. The van der Waals surface area contributed by atoms with Crippen molar-refractivity contribution in [3.05, 3.63) is 35.3 Å². The molecule has 3 saturated heterocycles. The largest absolute Gasteiger partial charge is 0.379 e. The van der Waals surface area contributed by atoms with Crippen molar-refractivity contribution in [3.8, 4) is 11.4 Å². The third-order valence-corrected chi connectivity index (χ3v) is 9.92. The molecule has 41 heavy (non-hydrogen) atoms. The molecule has 3 aromatic heterocycles. The summed E-state index contributed by atoms with van der Waals surface area (Å²) in [6.07, 6.45) is 4.32. The van der Waals surface area contributed by atoms with Crippen molar-refractivity contribution >= 4 is 38.3 Å². The Labute approximate surface area is 245 Å². The summed E-state index contributed by atoms with van der Waals surface area (Å²) in [6, 6.07) is 9.12. The number of benzene rings is 1. The first-order valence-corrected chi connectivity index (χ1v) is 15.8. The van der Waals surface area contributed by atoms with Gasteiger partial charge in [0.2, 0.25) is 0 Å². The van der Waals surface area contributed by atoms with Gasteiger partial charge in [0, 0.05) is 67.7 Å². The van der Waals surface area contributed by atoms with Crippen molar-refractivity contribution in [2.24, 2.45) is 0 Å². The fraction of sp³-hybridized carbons (Fsp3) is 0.567. The number of aromatic amines is 1. The Bertz CT molecular complexity index is 1450. The highest BCUT2D eigenvalue weighted by molar-refractivity contribution is 7.19. The molecule has 10 nitrogen and oxygen atoms in total. The van der Waals surface area contributed by atoms with E-state index in [1.807, 2.05) is 29.7 Å². The number of fused-ring (bicyclic) bond motifs is 2. The number of piperidine rings is 1. The standard InChI is InChI=1S/C30H40N8O2S/c1-35-7-5-22(6-8-35)38(10-9-36-11-15-39-16-12-36)21-23-19-27-28(41-23)30(37-13-17-40-18-14-37)33-29(32-27)24-3-2-4-26-25(24)20-31-34-26/h2-4,19-20,22H,5-18,21H2,1H3,(H,31,34). The lowest BCUT2D eigenvalue weighted by molar-refractivity contribution is 0.0269. The Hall–Kier alpha value is -2.67. The summed E-state index contributed by atoms with van der Waals surface area (Å²) in [7, 11) is 2.24. The molecule has 0 saturated carbocycles. The first kappa shape index (κ1) is 27.2. The third-order valence-electron chi connectivity index (χ3n) is 8.81. The number of thiophene rings is 1. The van der Waals surface area contributed by atoms with Crippen LogP contribution in [0.4, 0.5) is 5.82 Å². The zero-order chi connectivity index (χ0) is 27.6. The second-order valence-electron chi connectivity index (χ2n) is 11.5. The van der Waals surface area contributed by atoms with Crippen molar-refractivity contribution in [1.29, 1.82) is 0 Å². The van der Waals surface area contributed by atoms with Gasteiger partial charge in [-0.05, 0) is 45.1 Å². The zero-order valence-electron chi connectivity index (χ0n) is 23.9. The van der Waals surface area contributed by atoms with E-state index in [1.54, 1.807) is 0 Å². The van der Waals surface area contributed by atoms with E-state index in [4.69, 9.17) is 19.4 Å². The molecule has 3 aliphatic heterocycles. The Morgan fingerprint density at radius 1 is 1.00 bits per heavy atom. The Balaban J connectivity index is 1.22. The maximum Gasteiger partial charge on any atom is 0.162 e. The van der Waals surface area contributed by atoms with Crippen LogP contribution in [0.3, 0.4) is 0 Å². The van der Waals surface area contributed by atoms with Crippen LogP contribution in [0.1, 0.15) is 17.7 Å². The molecule has 0 amide bonds. The van der Waals surface area contributed by atoms with Gasteiger partial charge in [-0.3, -0.25) is 14.9 Å². The second-order valence-corrected chi connectivity index (χ2v) is 12.6. The number of anilines is 1. The van der Waals surface area contributed by atoms with Crippen LogP contribution in [-0.4, -0.2) is 127 Å². The maximum absolute atomic E-state index is 5.69. The molecule has 4 aromatic rings. The molecule has 0 aliphatic carbocycles. The molecule has 3 fully saturated rings. The summed E-state index contributed by atoms with van der Waals surface area (Å²) in [5.41, 5.74) is 3.05. The minimum atomic E-state index is 0.608. The average Bonchev–Trinajstić information content (AvgIpc) is 3.67. The van der Waals surface area contributed by atoms with Crippen LogP contribution in [0.5, 0.6) is 0 Å². The van der Waals surface area contributed by atoms with E-state index >= 15 is 0 Å². The number of H-pyrrole nitrogens is 1. The third kappa shape index (κ3) is 5.97. The van der Waals surface area contributed by atoms with Gasteiger partial charge >= 0.3 is 0 Å². The lowest BCUT2D eigenvalue weighted by atomic mass is 10.0. The van der Waals surface area contributed by atoms with E-state index in [9.17, 15) is 0 Å². The number of rotatable bonds is 8. The minimum Gasteiger partial charge on any atom is -0.379 e. The predicted octanol–water partition coefficient (Wildman–Crippen LogP) is 3.30. The fourth-order valence-corrected chi connectivity index (χ4v) is 7.50. The number of nitrogens with one attached hydrogen (secondary N) is 1. The van der Waals surface area contributed by atoms with E-state index in [-0.39, 0.29) is 0 Å². The zero-order valence-corrected chi connectivity index (χ0v) is 24.7. The minimum absolute atomic E-state index is 0.608. The van der Waals surface area contributed by atoms with Gasteiger partial charge in [-0.25, -0.2) is 9.97 Å². The van der Waals surface area contributed by atoms with Crippen LogP contribution in [0.2, 0.25) is 0 Å². The monoisotopic (exact) mass is 576 g/mol. The van der Waals surface area contributed by atoms with E-state index in [0.29, 0.717) is 6.04 Å². The molecular formula is C30H40N8O2S. The van der Waals surface area contributed by atoms with E-state index in [1.165, 1.54) is 35.5 Å². The normalized spacial score (nSPS) is 20.1. The van der Waals surface area contributed by atoms with Crippen molar-refractivity contribution in [2.45, 2.75) is 25.4 Å². The van der Waals surface area contributed by atoms with Gasteiger partial charge in [-0.2, -0.15) is 5.10 Å².